The Hall–Kier alpha value is -1.78. The van der Waals surface area contributed by atoms with Gasteiger partial charge in [0.05, 0.1) is 7.11 Å². The van der Waals surface area contributed by atoms with Crippen LogP contribution >= 0.6 is 0 Å². The average Bonchev–Trinajstić information content (AvgIpc) is 2.39. The van der Waals surface area contributed by atoms with Crippen molar-refractivity contribution in [3.8, 4) is 16.9 Å². The third kappa shape index (κ3) is 2.49. The smallest absolute Gasteiger partial charge is 0.488 e. The van der Waals surface area contributed by atoms with Crippen LogP contribution in [0, 0.1) is 0 Å². The average molecular weight is 228 g/mol. The van der Waals surface area contributed by atoms with Crippen molar-refractivity contribution in [3.63, 3.8) is 0 Å². The van der Waals surface area contributed by atoms with Gasteiger partial charge in [0.15, 0.2) is 0 Å². The summed E-state index contributed by atoms with van der Waals surface area (Å²) in [6, 6.07) is 14.9. The van der Waals surface area contributed by atoms with Crippen LogP contribution in [0.25, 0.3) is 11.1 Å². The van der Waals surface area contributed by atoms with Crippen molar-refractivity contribution in [2.75, 3.05) is 7.11 Å². The number of hydrogen-bond acceptors (Lipinski definition) is 3. The Balaban J connectivity index is 2.49. The molecule has 0 spiro atoms. The van der Waals surface area contributed by atoms with Crippen LogP contribution in [0.15, 0.2) is 48.5 Å². The molecule has 2 rings (SSSR count). The second-order valence-electron chi connectivity index (χ2n) is 3.70. The lowest BCUT2D eigenvalue weighted by molar-refractivity contribution is 0.413. The van der Waals surface area contributed by atoms with Crippen LogP contribution in [0.5, 0.6) is 5.75 Å². The van der Waals surface area contributed by atoms with E-state index in [9.17, 15) is 0 Å². The molecule has 2 aromatic rings. The molecular weight excluding hydrogens is 215 g/mol. The Bertz CT molecular complexity index is 497. The first kappa shape index (κ1) is 11.7. The zero-order valence-corrected chi connectivity index (χ0v) is 9.50. The van der Waals surface area contributed by atoms with Crippen LogP contribution in [0.1, 0.15) is 0 Å². The van der Waals surface area contributed by atoms with Crippen LogP contribution in [0.4, 0.5) is 0 Å². The fourth-order valence-corrected chi connectivity index (χ4v) is 1.72. The molecule has 4 heteroatoms. The topological polar surface area (TPSA) is 49.7 Å². The fourth-order valence-electron chi connectivity index (χ4n) is 1.72. The Labute approximate surface area is 100 Å². The minimum atomic E-state index is -1.48. The Morgan fingerprint density at radius 3 is 2.29 bits per heavy atom. The van der Waals surface area contributed by atoms with Gasteiger partial charge in [0.2, 0.25) is 0 Å². The predicted molar refractivity (Wildman–Crippen MR) is 68.3 cm³/mol. The second kappa shape index (κ2) is 5.04. The maximum Gasteiger partial charge on any atom is 0.488 e. The van der Waals surface area contributed by atoms with Gasteiger partial charge < -0.3 is 14.8 Å². The van der Waals surface area contributed by atoms with E-state index in [0.717, 1.165) is 11.1 Å². The van der Waals surface area contributed by atoms with Gasteiger partial charge in [-0.25, -0.2) is 0 Å². The first-order valence-electron chi connectivity index (χ1n) is 5.32. The number of rotatable bonds is 3. The van der Waals surface area contributed by atoms with Gasteiger partial charge >= 0.3 is 7.12 Å². The molecule has 0 radical (unpaired) electrons. The Morgan fingerprint density at radius 1 is 1.00 bits per heavy atom. The van der Waals surface area contributed by atoms with Gasteiger partial charge in [0.1, 0.15) is 5.75 Å². The highest BCUT2D eigenvalue weighted by Crippen LogP contribution is 2.28. The molecule has 2 aromatic carbocycles. The molecule has 86 valence electrons. The molecule has 0 fully saturated rings. The highest BCUT2D eigenvalue weighted by Gasteiger charge is 2.14. The highest BCUT2D eigenvalue weighted by atomic mass is 16.5. The van der Waals surface area contributed by atoms with Crippen molar-refractivity contribution >= 4 is 12.6 Å². The summed E-state index contributed by atoms with van der Waals surface area (Å²) in [6.07, 6.45) is 0. The fraction of sp³-hybridized carbons (Fsp3) is 0.0769. The van der Waals surface area contributed by atoms with E-state index >= 15 is 0 Å². The van der Waals surface area contributed by atoms with E-state index in [-0.39, 0.29) is 0 Å². The van der Waals surface area contributed by atoms with Crippen LogP contribution in [0.3, 0.4) is 0 Å². The van der Waals surface area contributed by atoms with E-state index in [1.165, 1.54) is 0 Å². The first-order valence-corrected chi connectivity index (χ1v) is 5.32. The maximum atomic E-state index is 9.11. The van der Waals surface area contributed by atoms with E-state index < -0.39 is 7.12 Å². The minimum Gasteiger partial charge on any atom is -0.496 e. The molecule has 0 aliphatic heterocycles. The number of methoxy groups -OCH3 is 1. The van der Waals surface area contributed by atoms with Gasteiger partial charge in [-0.2, -0.15) is 0 Å². The van der Waals surface area contributed by atoms with Crippen LogP contribution < -0.4 is 10.2 Å². The lowest BCUT2D eigenvalue weighted by Crippen LogP contribution is -2.29. The molecule has 0 atom stereocenters. The van der Waals surface area contributed by atoms with Gasteiger partial charge in [-0.15, -0.1) is 0 Å². The number of ether oxygens (including phenoxy) is 1. The van der Waals surface area contributed by atoms with E-state index in [0.29, 0.717) is 11.2 Å². The summed E-state index contributed by atoms with van der Waals surface area (Å²) in [5.41, 5.74) is 2.38. The van der Waals surface area contributed by atoms with E-state index in [2.05, 4.69) is 0 Å². The second-order valence-corrected chi connectivity index (χ2v) is 3.70. The van der Waals surface area contributed by atoms with Gasteiger partial charge in [0, 0.05) is 5.56 Å². The summed E-state index contributed by atoms with van der Waals surface area (Å²) in [7, 11) is 0.0868. The molecule has 17 heavy (non-hydrogen) atoms. The van der Waals surface area contributed by atoms with E-state index in [4.69, 9.17) is 14.8 Å². The molecule has 0 unspecified atom stereocenters. The van der Waals surface area contributed by atoms with Crippen molar-refractivity contribution < 1.29 is 14.8 Å². The molecule has 3 nitrogen and oxygen atoms in total. The monoisotopic (exact) mass is 228 g/mol. The van der Waals surface area contributed by atoms with Gasteiger partial charge in [-0.1, -0.05) is 42.5 Å². The molecule has 0 aliphatic carbocycles. The lowest BCUT2D eigenvalue weighted by atomic mass is 9.79. The summed E-state index contributed by atoms with van der Waals surface area (Å²) in [4.78, 5) is 0. The molecule has 0 saturated heterocycles. The molecule has 2 N–H and O–H groups in total. The summed E-state index contributed by atoms with van der Waals surface area (Å²) < 4.78 is 5.27. The number of hydrogen-bond donors (Lipinski definition) is 2. The quantitative estimate of drug-likeness (QED) is 0.771. The van der Waals surface area contributed by atoms with Crippen LogP contribution in [0.2, 0.25) is 0 Å². The minimum absolute atomic E-state index is 0.418. The van der Waals surface area contributed by atoms with Crippen LogP contribution in [-0.4, -0.2) is 24.3 Å². The van der Waals surface area contributed by atoms with Gasteiger partial charge in [-0.05, 0) is 17.1 Å². The molecule has 0 heterocycles. The van der Waals surface area contributed by atoms with Gasteiger partial charge in [-0.3, -0.25) is 0 Å². The molecule has 0 aliphatic rings. The summed E-state index contributed by atoms with van der Waals surface area (Å²) >= 11 is 0. The van der Waals surface area contributed by atoms with E-state index in [1.54, 1.807) is 19.2 Å². The SMILES string of the molecule is COc1cc(B(O)O)ccc1-c1ccccc1. The third-order valence-corrected chi connectivity index (χ3v) is 2.61. The Kier molecular flexibility index (Phi) is 3.47. The summed E-state index contributed by atoms with van der Waals surface area (Å²) in [5.74, 6) is 0.627. The summed E-state index contributed by atoms with van der Waals surface area (Å²) in [6.45, 7) is 0. The molecule has 0 bridgehead atoms. The number of benzene rings is 2. The van der Waals surface area contributed by atoms with Crippen molar-refractivity contribution in [3.05, 3.63) is 48.5 Å². The lowest BCUT2D eigenvalue weighted by Gasteiger charge is -2.10. The zero-order valence-electron chi connectivity index (χ0n) is 9.50. The predicted octanol–water partition coefficient (Wildman–Crippen LogP) is 1.04. The molecule has 0 aromatic heterocycles. The van der Waals surface area contributed by atoms with Gasteiger partial charge in [0.25, 0.3) is 0 Å². The maximum absolute atomic E-state index is 9.11. The normalized spacial score (nSPS) is 10.1. The largest absolute Gasteiger partial charge is 0.496 e. The van der Waals surface area contributed by atoms with Crippen LogP contribution in [-0.2, 0) is 0 Å². The standard InChI is InChI=1S/C13H13BO3/c1-17-13-9-11(14(15)16)7-8-12(13)10-5-3-2-4-6-10/h2-9,15-16H,1H3. The first-order chi connectivity index (χ1) is 8.22. The molecule has 0 amide bonds. The van der Waals surface area contributed by atoms with Crippen molar-refractivity contribution in [1.82, 2.24) is 0 Å². The van der Waals surface area contributed by atoms with Crippen molar-refractivity contribution in [1.29, 1.82) is 0 Å². The molecule has 0 saturated carbocycles. The zero-order chi connectivity index (χ0) is 12.3. The van der Waals surface area contributed by atoms with E-state index in [1.807, 2.05) is 36.4 Å². The summed E-state index contributed by atoms with van der Waals surface area (Å²) in [5, 5.41) is 18.2. The van der Waals surface area contributed by atoms with Crippen molar-refractivity contribution in [2.45, 2.75) is 0 Å². The highest BCUT2D eigenvalue weighted by molar-refractivity contribution is 6.58. The van der Waals surface area contributed by atoms with Crippen molar-refractivity contribution in [2.24, 2.45) is 0 Å². The Morgan fingerprint density at radius 2 is 1.71 bits per heavy atom. The molecular formula is C13H13BO3. The third-order valence-electron chi connectivity index (χ3n) is 2.61.